The second-order valence-electron chi connectivity index (χ2n) is 6.36. The van der Waals surface area contributed by atoms with Crippen LogP contribution in [0.3, 0.4) is 0 Å². The standard InChI is InChI=1S/C21H20FN5O4/c1-28-15-6-5-13(11-14(15)22)24-21-25-18-7-8-23-20(27(18)26-21)12-9-16(29-2)19(31-4)17(10-12)30-3/h5-11H,1-4H3,(H,24,26). The first-order valence-corrected chi connectivity index (χ1v) is 9.20. The van der Waals surface area contributed by atoms with Crippen molar-refractivity contribution in [2.45, 2.75) is 0 Å². The molecule has 2 aromatic carbocycles. The summed E-state index contributed by atoms with van der Waals surface area (Å²) < 4.78 is 36.7. The summed E-state index contributed by atoms with van der Waals surface area (Å²) >= 11 is 0. The number of hydrogen-bond acceptors (Lipinski definition) is 8. The SMILES string of the molecule is COc1ccc(Nc2nc3ccnc(-c4cc(OC)c(OC)c(OC)c4)n3n2)cc1F. The highest BCUT2D eigenvalue weighted by molar-refractivity contribution is 5.68. The second-order valence-corrected chi connectivity index (χ2v) is 6.36. The molecule has 4 rings (SSSR count). The normalized spacial score (nSPS) is 10.7. The number of benzene rings is 2. The fraction of sp³-hybridized carbons (Fsp3) is 0.190. The molecule has 1 N–H and O–H groups in total. The van der Waals surface area contributed by atoms with Crippen molar-refractivity contribution in [2.75, 3.05) is 33.8 Å². The molecular formula is C21H20FN5O4. The summed E-state index contributed by atoms with van der Waals surface area (Å²) in [6, 6.07) is 9.77. The lowest BCUT2D eigenvalue weighted by molar-refractivity contribution is 0.324. The number of nitrogens with zero attached hydrogens (tertiary/aromatic N) is 4. The molecule has 0 amide bonds. The third-order valence-corrected chi connectivity index (χ3v) is 4.58. The van der Waals surface area contributed by atoms with E-state index >= 15 is 0 Å². The van der Waals surface area contributed by atoms with E-state index in [2.05, 4.69) is 20.4 Å². The molecule has 0 atom stereocenters. The lowest BCUT2D eigenvalue weighted by Crippen LogP contribution is -2.00. The summed E-state index contributed by atoms with van der Waals surface area (Å²) in [5.41, 5.74) is 1.72. The number of fused-ring (bicyclic) bond motifs is 1. The van der Waals surface area contributed by atoms with E-state index in [0.29, 0.717) is 40.0 Å². The van der Waals surface area contributed by atoms with Gasteiger partial charge in [-0.25, -0.2) is 9.37 Å². The van der Waals surface area contributed by atoms with E-state index in [0.717, 1.165) is 0 Å². The second kappa shape index (κ2) is 8.34. The maximum Gasteiger partial charge on any atom is 0.247 e. The number of nitrogens with one attached hydrogen (secondary N) is 1. The van der Waals surface area contributed by atoms with Gasteiger partial charge in [0.1, 0.15) is 0 Å². The van der Waals surface area contributed by atoms with E-state index in [-0.39, 0.29) is 11.7 Å². The number of ether oxygens (including phenoxy) is 4. The van der Waals surface area contributed by atoms with Crippen LogP contribution in [0.15, 0.2) is 42.6 Å². The minimum atomic E-state index is -0.490. The van der Waals surface area contributed by atoms with Crippen LogP contribution in [0.5, 0.6) is 23.0 Å². The van der Waals surface area contributed by atoms with Crippen LogP contribution < -0.4 is 24.3 Å². The van der Waals surface area contributed by atoms with Crippen LogP contribution in [-0.2, 0) is 0 Å². The monoisotopic (exact) mass is 425 g/mol. The van der Waals surface area contributed by atoms with Crippen molar-refractivity contribution in [3.8, 4) is 34.4 Å². The Bertz CT molecular complexity index is 1220. The molecule has 0 spiro atoms. The van der Waals surface area contributed by atoms with Crippen molar-refractivity contribution >= 4 is 17.3 Å². The molecule has 160 valence electrons. The highest BCUT2D eigenvalue weighted by atomic mass is 19.1. The fourth-order valence-electron chi connectivity index (χ4n) is 3.15. The minimum Gasteiger partial charge on any atom is -0.494 e. The van der Waals surface area contributed by atoms with Crippen molar-refractivity contribution in [1.29, 1.82) is 0 Å². The van der Waals surface area contributed by atoms with Gasteiger partial charge in [-0.05, 0) is 24.3 Å². The third-order valence-electron chi connectivity index (χ3n) is 4.58. The average molecular weight is 425 g/mol. The minimum absolute atomic E-state index is 0.155. The van der Waals surface area contributed by atoms with Gasteiger partial charge in [-0.1, -0.05) is 0 Å². The van der Waals surface area contributed by atoms with E-state index < -0.39 is 5.82 Å². The van der Waals surface area contributed by atoms with Gasteiger partial charge < -0.3 is 24.3 Å². The fourth-order valence-corrected chi connectivity index (χ4v) is 3.15. The molecule has 0 saturated carbocycles. The quantitative estimate of drug-likeness (QED) is 0.479. The Balaban J connectivity index is 1.76. The summed E-state index contributed by atoms with van der Waals surface area (Å²) in [6.07, 6.45) is 1.62. The van der Waals surface area contributed by atoms with Gasteiger partial charge in [-0.3, -0.25) is 0 Å². The maximum absolute atomic E-state index is 14.0. The van der Waals surface area contributed by atoms with Gasteiger partial charge in [0.05, 0.1) is 28.4 Å². The Kier molecular flexibility index (Phi) is 5.44. The van der Waals surface area contributed by atoms with Gasteiger partial charge >= 0.3 is 0 Å². The number of rotatable bonds is 7. The van der Waals surface area contributed by atoms with E-state index in [1.807, 2.05) is 0 Å². The van der Waals surface area contributed by atoms with Crippen LogP contribution in [0.25, 0.3) is 17.0 Å². The largest absolute Gasteiger partial charge is 0.494 e. The summed E-state index contributed by atoms with van der Waals surface area (Å²) in [5.74, 6) is 1.91. The van der Waals surface area contributed by atoms with Crippen molar-refractivity contribution < 1.29 is 23.3 Å². The van der Waals surface area contributed by atoms with E-state index in [1.165, 1.54) is 26.4 Å². The van der Waals surface area contributed by atoms with Crippen LogP contribution in [0.1, 0.15) is 0 Å². The lowest BCUT2D eigenvalue weighted by atomic mass is 10.1. The molecule has 0 aliphatic heterocycles. The maximum atomic E-state index is 14.0. The molecule has 2 heterocycles. The average Bonchev–Trinajstić information content (AvgIpc) is 3.20. The first-order chi connectivity index (χ1) is 15.1. The van der Waals surface area contributed by atoms with Gasteiger partial charge in [-0.2, -0.15) is 9.50 Å². The van der Waals surface area contributed by atoms with E-state index in [1.54, 1.807) is 49.2 Å². The molecule has 0 bridgehead atoms. The molecule has 9 nitrogen and oxygen atoms in total. The zero-order chi connectivity index (χ0) is 22.0. The highest BCUT2D eigenvalue weighted by Gasteiger charge is 2.18. The zero-order valence-electron chi connectivity index (χ0n) is 17.3. The summed E-state index contributed by atoms with van der Waals surface area (Å²) in [7, 11) is 6.03. The van der Waals surface area contributed by atoms with Crippen LogP contribution >= 0.6 is 0 Å². The Morgan fingerprint density at radius 3 is 2.19 bits per heavy atom. The van der Waals surface area contributed by atoms with Crippen LogP contribution in [0, 0.1) is 5.82 Å². The van der Waals surface area contributed by atoms with Crippen LogP contribution in [0.2, 0.25) is 0 Å². The molecular weight excluding hydrogens is 405 g/mol. The molecule has 2 aromatic heterocycles. The lowest BCUT2D eigenvalue weighted by Gasteiger charge is -2.14. The van der Waals surface area contributed by atoms with Crippen molar-refractivity contribution in [3.63, 3.8) is 0 Å². The number of aromatic nitrogens is 4. The van der Waals surface area contributed by atoms with E-state index in [4.69, 9.17) is 18.9 Å². The van der Waals surface area contributed by atoms with Gasteiger partial charge in [0, 0.05) is 29.6 Å². The smallest absolute Gasteiger partial charge is 0.247 e. The van der Waals surface area contributed by atoms with Crippen LogP contribution in [-0.4, -0.2) is 48.0 Å². The zero-order valence-corrected chi connectivity index (χ0v) is 17.3. The molecule has 10 heteroatoms. The Labute approximate surface area is 177 Å². The first-order valence-electron chi connectivity index (χ1n) is 9.20. The Hall–Kier alpha value is -4.08. The predicted molar refractivity (Wildman–Crippen MR) is 112 cm³/mol. The van der Waals surface area contributed by atoms with Crippen LogP contribution in [0.4, 0.5) is 16.0 Å². The van der Waals surface area contributed by atoms with E-state index in [9.17, 15) is 4.39 Å². The number of methoxy groups -OCH3 is 4. The summed E-state index contributed by atoms with van der Waals surface area (Å²) in [4.78, 5) is 8.89. The molecule has 31 heavy (non-hydrogen) atoms. The van der Waals surface area contributed by atoms with Crippen molar-refractivity contribution in [2.24, 2.45) is 0 Å². The molecule has 0 aliphatic carbocycles. The topological polar surface area (TPSA) is 92.0 Å². The molecule has 0 saturated heterocycles. The van der Waals surface area contributed by atoms with Crippen molar-refractivity contribution in [1.82, 2.24) is 19.6 Å². The summed E-state index contributed by atoms with van der Waals surface area (Å²) in [6.45, 7) is 0. The molecule has 0 aliphatic rings. The number of halogens is 1. The molecule has 0 unspecified atom stereocenters. The third kappa shape index (κ3) is 3.75. The predicted octanol–water partition coefficient (Wildman–Crippen LogP) is 3.71. The molecule has 0 fully saturated rings. The summed E-state index contributed by atoms with van der Waals surface area (Å²) in [5, 5.41) is 7.47. The Morgan fingerprint density at radius 1 is 0.871 bits per heavy atom. The number of hydrogen-bond donors (Lipinski definition) is 1. The highest BCUT2D eigenvalue weighted by Crippen LogP contribution is 2.40. The van der Waals surface area contributed by atoms with Gasteiger partial charge in [-0.15, -0.1) is 5.10 Å². The van der Waals surface area contributed by atoms with Gasteiger partial charge in [0.2, 0.25) is 11.7 Å². The first kappa shape index (κ1) is 20.2. The Morgan fingerprint density at radius 2 is 1.58 bits per heavy atom. The molecule has 0 radical (unpaired) electrons. The van der Waals surface area contributed by atoms with Gasteiger partial charge in [0.15, 0.2) is 34.5 Å². The number of anilines is 2. The molecule has 4 aromatic rings. The van der Waals surface area contributed by atoms with Crippen molar-refractivity contribution in [3.05, 3.63) is 48.4 Å². The van der Waals surface area contributed by atoms with Gasteiger partial charge in [0.25, 0.3) is 0 Å².